The molecule has 1 aromatic carbocycles. The standard InChI is InChI=1S/C21H26ClN3/c1-15(2)24-8-10-25(11-9-24)21-20(22)12-17(14-23-21)19-13-18(19)16-6-4-3-5-7-16/h3-7,12,14-15,18-19H,8-11,13H2,1-2H3/t18-,19-/m1/s1. The van der Waals surface area contributed by atoms with E-state index in [0.29, 0.717) is 17.9 Å². The summed E-state index contributed by atoms with van der Waals surface area (Å²) >= 11 is 6.61. The molecule has 1 aliphatic carbocycles. The van der Waals surface area contributed by atoms with Crippen molar-refractivity contribution in [3.8, 4) is 0 Å². The molecule has 4 rings (SSSR count). The first-order chi connectivity index (χ1) is 12.1. The molecule has 1 saturated carbocycles. The van der Waals surface area contributed by atoms with Crippen LogP contribution in [0.1, 0.15) is 43.2 Å². The SMILES string of the molecule is CC(C)N1CCN(c2ncc([C@H]3C[C@@H]3c3ccccc3)cc2Cl)CC1. The van der Waals surface area contributed by atoms with Gasteiger partial charge in [0, 0.05) is 38.4 Å². The Hall–Kier alpha value is -1.58. The lowest BCUT2D eigenvalue weighted by Gasteiger charge is -2.37. The van der Waals surface area contributed by atoms with Crippen LogP contribution in [-0.2, 0) is 0 Å². The number of piperazine rings is 1. The second-order valence-electron chi connectivity index (χ2n) is 7.55. The Morgan fingerprint density at radius 2 is 1.68 bits per heavy atom. The van der Waals surface area contributed by atoms with Gasteiger partial charge in [-0.25, -0.2) is 4.98 Å². The van der Waals surface area contributed by atoms with E-state index < -0.39 is 0 Å². The number of pyridine rings is 1. The average Bonchev–Trinajstić information content (AvgIpc) is 3.43. The molecule has 0 amide bonds. The van der Waals surface area contributed by atoms with E-state index in [2.05, 4.69) is 60.0 Å². The number of aromatic nitrogens is 1. The van der Waals surface area contributed by atoms with Crippen molar-refractivity contribution in [3.63, 3.8) is 0 Å². The van der Waals surface area contributed by atoms with Gasteiger partial charge in [-0.1, -0.05) is 41.9 Å². The van der Waals surface area contributed by atoms with Gasteiger partial charge in [0.1, 0.15) is 5.82 Å². The highest BCUT2D eigenvalue weighted by atomic mass is 35.5. The minimum Gasteiger partial charge on any atom is -0.353 e. The maximum Gasteiger partial charge on any atom is 0.147 e. The van der Waals surface area contributed by atoms with E-state index in [1.807, 2.05) is 6.20 Å². The number of benzene rings is 1. The first kappa shape index (κ1) is 16.9. The van der Waals surface area contributed by atoms with E-state index in [1.54, 1.807) is 0 Å². The fourth-order valence-corrected chi connectivity index (χ4v) is 4.26. The maximum absolute atomic E-state index is 6.61. The van der Waals surface area contributed by atoms with Gasteiger partial charge in [0.05, 0.1) is 5.02 Å². The van der Waals surface area contributed by atoms with Gasteiger partial charge < -0.3 is 4.90 Å². The van der Waals surface area contributed by atoms with Gasteiger partial charge in [-0.15, -0.1) is 0 Å². The molecule has 132 valence electrons. The summed E-state index contributed by atoms with van der Waals surface area (Å²) < 4.78 is 0. The smallest absolute Gasteiger partial charge is 0.147 e. The van der Waals surface area contributed by atoms with Gasteiger partial charge in [0.2, 0.25) is 0 Å². The van der Waals surface area contributed by atoms with E-state index >= 15 is 0 Å². The molecule has 1 aliphatic heterocycles. The molecular formula is C21H26ClN3. The topological polar surface area (TPSA) is 19.4 Å². The van der Waals surface area contributed by atoms with Crippen LogP contribution < -0.4 is 4.90 Å². The molecule has 0 N–H and O–H groups in total. The Balaban J connectivity index is 1.44. The van der Waals surface area contributed by atoms with Gasteiger partial charge >= 0.3 is 0 Å². The third kappa shape index (κ3) is 3.54. The van der Waals surface area contributed by atoms with Crippen LogP contribution in [0.25, 0.3) is 0 Å². The number of hydrogen-bond acceptors (Lipinski definition) is 3. The summed E-state index contributed by atoms with van der Waals surface area (Å²) in [7, 11) is 0. The zero-order chi connectivity index (χ0) is 17.4. The van der Waals surface area contributed by atoms with Crippen LogP contribution in [0.2, 0.25) is 5.02 Å². The molecule has 0 unspecified atom stereocenters. The van der Waals surface area contributed by atoms with Crippen molar-refractivity contribution in [2.45, 2.75) is 38.1 Å². The minimum atomic E-state index is 0.569. The second kappa shape index (κ2) is 6.97. The van der Waals surface area contributed by atoms with Crippen molar-refractivity contribution in [2.24, 2.45) is 0 Å². The summed E-state index contributed by atoms with van der Waals surface area (Å²) in [6, 6.07) is 13.5. The van der Waals surface area contributed by atoms with Gasteiger partial charge in [-0.05, 0) is 49.3 Å². The molecule has 4 heteroatoms. The lowest BCUT2D eigenvalue weighted by atomic mass is 10.1. The van der Waals surface area contributed by atoms with Crippen LogP contribution in [-0.4, -0.2) is 42.1 Å². The zero-order valence-electron chi connectivity index (χ0n) is 15.0. The van der Waals surface area contributed by atoms with Crippen LogP contribution in [0.3, 0.4) is 0 Å². The molecule has 0 radical (unpaired) electrons. The van der Waals surface area contributed by atoms with Crippen molar-refractivity contribution >= 4 is 17.4 Å². The Morgan fingerprint density at radius 1 is 1.00 bits per heavy atom. The largest absolute Gasteiger partial charge is 0.353 e. The van der Waals surface area contributed by atoms with Crippen molar-refractivity contribution in [1.82, 2.24) is 9.88 Å². The third-order valence-electron chi connectivity index (χ3n) is 5.63. The highest BCUT2D eigenvalue weighted by molar-refractivity contribution is 6.33. The summed E-state index contributed by atoms with van der Waals surface area (Å²) in [6.45, 7) is 8.68. The van der Waals surface area contributed by atoms with Gasteiger partial charge in [0.25, 0.3) is 0 Å². The fourth-order valence-electron chi connectivity index (χ4n) is 3.96. The third-order valence-corrected chi connectivity index (χ3v) is 5.91. The van der Waals surface area contributed by atoms with E-state index in [1.165, 1.54) is 17.5 Å². The van der Waals surface area contributed by atoms with E-state index in [4.69, 9.17) is 16.6 Å². The van der Waals surface area contributed by atoms with E-state index in [-0.39, 0.29) is 0 Å². The quantitative estimate of drug-likeness (QED) is 0.802. The van der Waals surface area contributed by atoms with Gasteiger partial charge in [-0.2, -0.15) is 0 Å². The summed E-state index contributed by atoms with van der Waals surface area (Å²) in [5.41, 5.74) is 2.71. The van der Waals surface area contributed by atoms with Crippen molar-refractivity contribution in [1.29, 1.82) is 0 Å². The molecule has 25 heavy (non-hydrogen) atoms. The van der Waals surface area contributed by atoms with Crippen molar-refractivity contribution < 1.29 is 0 Å². The zero-order valence-corrected chi connectivity index (χ0v) is 15.8. The summed E-state index contributed by atoms with van der Waals surface area (Å²) in [4.78, 5) is 9.57. The maximum atomic E-state index is 6.61. The van der Waals surface area contributed by atoms with Crippen LogP contribution in [0, 0.1) is 0 Å². The Bertz CT molecular complexity index is 723. The first-order valence-electron chi connectivity index (χ1n) is 9.33. The number of hydrogen-bond donors (Lipinski definition) is 0. The summed E-state index contributed by atoms with van der Waals surface area (Å²) in [5.74, 6) is 2.14. The fraction of sp³-hybridized carbons (Fsp3) is 0.476. The molecule has 2 heterocycles. The first-order valence-corrected chi connectivity index (χ1v) is 9.70. The highest BCUT2D eigenvalue weighted by Gasteiger charge is 2.39. The number of anilines is 1. The predicted octanol–water partition coefficient (Wildman–Crippen LogP) is 4.54. The molecule has 2 aliphatic rings. The van der Waals surface area contributed by atoms with Crippen molar-refractivity contribution in [2.75, 3.05) is 31.1 Å². The number of halogens is 1. The minimum absolute atomic E-state index is 0.569. The normalized spacial score (nSPS) is 23.9. The molecule has 3 nitrogen and oxygen atoms in total. The molecule has 2 atom stereocenters. The molecule has 1 saturated heterocycles. The van der Waals surface area contributed by atoms with E-state index in [0.717, 1.165) is 37.0 Å². The van der Waals surface area contributed by atoms with Crippen LogP contribution >= 0.6 is 11.6 Å². The molecule has 2 fully saturated rings. The monoisotopic (exact) mass is 355 g/mol. The lowest BCUT2D eigenvalue weighted by molar-refractivity contribution is 0.209. The lowest BCUT2D eigenvalue weighted by Crippen LogP contribution is -2.49. The molecule has 0 bridgehead atoms. The van der Waals surface area contributed by atoms with Gasteiger partial charge in [-0.3, -0.25) is 4.90 Å². The Kier molecular flexibility index (Phi) is 4.70. The van der Waals surface area contributed by atoms with Crippen LogP contribution in [0.15, 0.2) is 42.6 Å². The van der Waals surface area contributed by atoms with E-state index in [9.17, 15) is 0 Å². The Labute approximate surface area is 155 Å². The predicted molar refractivity (Wildman–Crippen MR) is 105 cm³/mol. The van der Waals surface area contributed by atoms with Gasteiger partial charge in [0.15, 0.2) is 0 Å². The molecular weight excluding hydrogens is 330 g/mol. The summed E-state index contributed by atoms with van der Waals surface area (Å²) in [5, 5.41) is 0.800. The average molecular weight is 356 g/mol. The number of rotatable bonds is 4. The van der Waals surface area contributed by atoms with Crippen LogP contribution in [0.5, 0.6) is 0 Å². The summed E-state index contributed by atoms with van der Waals surface area (Å²) in [6.07, 6.45) is 3.25. The molecule has 0 spiro atoms. The van der Waals surface area contributed by atoms with Crippen LogP contribution in [0.4, 0.5) is 5.82 Å². The number of nitrogens with zero attached hydrogens (tertiary/aromatic N) is 3. The molecule has 1 aromatic heterocycles. The second-order valence-corrected chi connectivity index (χ2v) is 7.96. The molecule has 2 aromatic rings. The highest BCUT2D eigenvalue weighted by Crippen LogP contribution is 2.54. The van der Waals surface area contributed by atoms with Crippen molar-refractivity contribution in [3.05, 3.63) is 58.7 Å². The Morgan fingerprint density at radius 3 is 2.32 bits per heavy atom.